The van der Waals surface area contributed by atoms with Crippen molar-refractivity contribution in [1.82, 2.24) is 0 Å². The van der Waals surface area contributed by atoms with Gasteiger partial charge in [0.05, 0.1) is 37.1 Å². The number of fused-ring (bicyclic) bond motifs is 1. The number of allylic oxidation sites excluding steroid dienone is 3. The van der Waals surface area contributed by atoms with Crippen molar-refractivity contribution in [3.05, 3.63) is 130 Å². The van der Waals surface area contributed by atoms with Crippen LogP contribution in [0.25, 0.3) is 10.8 Å². The van der Waals surface area contributed by atoms with Gasteiger partial charge in [-0.25, -0.2) is 0 Å². The second-order valence-electron chi connectivity index (χ2n) is 10.3. The molecule has 6 N–H and O–H groups in total. The van der Waals surface area contributed by atoms with Gasteiger partial charge in [0.1, 0.15) is 22.5 Å². The fourth-order valence-corrected chi connectivity index (χ4v) is 5.52. The molecule has 5 rings (SSSR count). The zero-order valence-corrected chi connectivity index (χ0v) is 26.9. The topological polar surface area (TPSA) is 340 Å². The molecule has 24 heteroatoms. The van der Waals surface area contributed by atoms with Gasteiger partial charge in [-0.05, 0) is 47.9 Å². The quantitative estimate of drug-likeness (QED) is 0.0554. The van der Waals surface area contributed by atoms with Gasteiger partial charge in [0.2, 0.25) is 16.6 Å². The number of hydrogen-bond acceptors (Lipinski definition) is 18. The fourth-order valence-electron chi connectivity index (χ4n) is 4.44. The summed E-state index contributed by atoms with van der Waals surface area (Å²) >= 11 is 0. The molecule has 0 unspecified atom stereocenters. The molecule has 0 saturated heterocycles. The van der Waals surface area contributed by atoms with Crippen LogP contribution in [0, 0.1) is 20.2 Å². The number of non-ortho nitro benzene ring substituents is 1. The Hall–Kier alpha value is -7.02. The number of benzene rings is 4. The van der Waals surface area contributed by atoms with Crippen LogP contribution in [-0.2, 0) is 25.0 Å². The van der Waals surface area contributed by atoms with Gasteiger partial charge in [-0.2, -0.15) is 21.9 Å². The molecule has 266 valence electrons. The van der Waals surface area contributed by atoms with E-state index in [1.807, 2.05) is 0 Å². The first-order chi connectivity index (χ1) is 24.3. The van der Waals surface area contributed by atoms with E-state index in [2.05, 4.69) is 31.6 Å². The first-order valence-electron chi connectivity index (χ1n) is 13.7. The van der Waals surface area contributed by atoms with E-state index >= 15 is 0 Å². The molecule has 4 aromatic rings. The van der Waals surface area contributed by atoms with Crippen molar-refractivity contribution in [3.8, 4) is 5.75 Å². The number of nitro groups is 2. The molecule has 52 heavy (non-hydrogen) atoms. The zero-order chi connectivity index (χ0) is 38.1. The summed E-state index contributed by atoms with van der Waals surface area (Å²) in [5.74, 6) is -1.80. The summed E-state index contributed by atoms with van der Waals surface area (Å²) in [6.45, 7) is 0. The zero-order valence-electron chi connectivity index (χ0n) is 25.3. The Bertz CT molecular complexity index is 2780. The summed E-state index contributed by atoms with van der Waals surface area (Å²) in [7, 11) is -9.90. The largest absolute Gasteiger partial charge is 0.507 e. The van der Waals surface area contributed by atoms with Crippen molar-refractivity contribution >= 4 is 65.3 Å². The Kier molecular flexibility index (Phi) is 9.56. The van der Waals surface area contributed by atoms with Gasteiger partial charge in [-0.1, -0.05) is 0 Å². The smallest absolute Gasteiger partial charge is 0.294 e. The van der Waals surface area contributed by atoms with Crippen LogP contribution in [0.2, 0.25) is 0 Å². The molecule has 0 saturated carbocycles. The molecular formula is C28H18N8O14S2. The highest BCUT2D eigenvalue weighted by Crippen LogP contribution is 2.36. The number of nitrogens with zero attached hydrogens (tertiary/aromatic N) is 5. The third-order valence-corrected chi connectivity index (χ3v) is 8.55. The third kappa shape index (κ3) is 7.73. The number of hydrogen-bond donors (Lipinski definition) is 6. The summed E-state index contributed by atoms with van der Waals surface area (Å²) in [5.41, 5.74) is 2.70. The van der Waals surface area contributed by atoms with E-state index in [1.54, 1.807) is 0 Å². The van der Waals surface area contributed by atoms with Crippen LogP contribution in [0.5, 0.6) is 5.75 Å². The van der Waals surface area contributed by atoms with Crippen LogP contribution in [0.15, 0.2) is 113 Å². The van der Waals surface area contributed by atoms with E-state index < -0.39 is 95.8 Å². The Morgan fingerprint density at radius 3 is 1.92 bits per heavy atom. The predicted molar refractivity (Wildman–Crippen MR) is 178 cm³/mol. The molecule has 0 heterocycles. The van der Waals surface area contributed by atoms with Crippen LogP contribution in [-0.4, -0.2) is 52.4 Å². The number of rotatable bonds is 10. The molecule has 0 amide bonds. The highest BCUT2D eigenvalue weighted by Gasteiger charge is 2.21. The van der Waals surface area contributed by atoms with E-state index in [0.717, 1.165) is 48.6 Å². The number of hydrazine groups is 1. The summed E-state index contributed by atoms with van der Waals surface area (Å²) in [6, 6.07) is 8.55. The number of nitrogens with one attached hydrogen (secondary N) is 3. The second-order valence-corrected chi connectivity index (χ2v) is 13.1. The van der Waals surface area contributed by atoms with Gasteiger partial charge < -0.3 is 5.11 Å². The molecule has 4 aromatic carbocycles. The van der Waals surface area contributed by atoms with Crippen molar-refractivity contribution in [2.45, 2.75) is 9.79 Å². The SMILES string of the molecule is O=C1C=C([N+](=O)[O-])C=C/C1=N\N=c1/c(=O)c(NNc2cc(S(=O)(=O)O)cc3cc(S(=O)(=O)O)cc(O)c23)c/c(=N/Nc2ccc([N+](=O)[O-])cc2)c1=O. The van der Waals surface area contributed by atoms with E-state index in [0.29, 0.717) is 12.1 Å². The van der Waals surface area contributed by atoms with Gasteiger partial charge in [0.15, 0.2) is 5.36 Å². The molecule has 0 radical (unpaired) electrons. The number of carbonyl (C=O) groups is 1. The minimum atomic E-state index is -4.99. The normalized spacial score (nSPS) is 14.8. The Balaban J connectivity index is 1.65. The molecule has 0 fully saturated rings. The van der Waals surface area contributed by atoms with Gasteiger partial charge >= 0.3 is 0 Å². The Morgan fingerprint density at radius 1 is 0.731 bits per heavy atom. The van der Waals surface area contributed by atoms with Gasteiger partial charge in [0, 0.05) is 29.7 Å². The van der Waals surface area contributed by atoms with E-state index in [-0.39, 0.29) is 22.1 Å². The maximum atomic E-state index is 13.5. The van der Waals surface area contributed by atoms with E-state index in [9.17, 15) is 65.7 Å². The maximum Gasteiger partial charge on any atom is 0.294 e. The van der Waals surface area contributed by atoms with Crippen molar-refractivity contribution in [2.75, 3.05) is 16.3 Å². The lowest BCUT2D eigenvalue weighted by atomic mass is 10.1. The number of nitro benzene ring substituents is 1. The molecule has 0 spiro atoms. The number of phenolic OH excluding ortho intramolecular Hbond substituents is 1. The van der Waals surface area contributed by atoms with E-state index in [4.69, 9.17) is 0 Å². The van der Waals surface area contributed by atoms with Gasteiger partial charge in [-0.15, -0.1) is 10.2 Å². The standard InChI is InChI=1S/C28H18N8O14S2/c37-23-9-16(36(43)44)5-6-19(23)30-34-26-27(39)21(32-29-14-1-3-15(4-2-14)35(41)42)12-22(28(26)40)33-31-20-10-17(51(45,46)47)7-13-8-18(52(48,49)50)11-24(38)25(13)20/h1-12,29,31,33,38H,(H,45,46,47)(H,48,49,50)/b30-19+,32-21-,34-26-. The second kappa shape index (κ2) is 13.7. The minimum absolute atomic E-state index is 0.141. The molecule has 1 aliphatic rings. The lowest BCUT2D eigenvalue weighted by molar-refractivity contribution is -0.419. The molecule has 22 nitrogen and oxygen atoms in total. The van der Waals surface area contributed by atoms with Crippen LogP contribution < -0.4 is 37.8 Å². The molecule has 1 aliphatic carbocycles. The first kappa shape index (κ1) is 36.3. The van der Waals surface area contributed by atoms with Gasteiger partial charge in [0.25, 0.3) is 31.6 Å². The molecule has 0 aliphatic heterocycles. The number of ketones is 1. The average molecular weight is 755 g/mol. The fraction of sp³-hybridized carbons (Fsp3) is 0. The third-order valence-electron chi connectivity index (χ3n) is 6.89. The number of aromatic hydroxyl groups is 1. The van der Waals surface area contributed by atoms with Crippen molar-refractivity contribution in [2.24, 2.45) is 15.3 Å². The van der Waals surface area contributed by atoms with Crippen molar-refractivity contribution < 1.29 is 45.7 Å². The molecule has 0 aromatic heterocycles. The van der Waals surface area contributed by atoms with Crippen LogP contribution in [0.3, 0.4) is 0 Å². The van der Waals surface area contributed by atoms with Crippen LogP contribution >= 0.6 is 0 Å². The summed E-state index contributed by atoms with van der Waals surface area (Å²) < 4.78 is 66.6. The highest BCUT2D eigenvalue weighted by molar-refractivity contribution is 7.86. The van der Waals surface area contributed by atoms with Crippen LogP contribution in [0.1, 0.15) is 0 Å². The molecule has 0 atom stereocenters. The first-order valence-corrected chi connectivity index (χ1v) is 16.6. The number of carbonyl (C=O) groups excluding carboxylic acids is 1. The summed E-state index contributed by atoms with van der Waals surface area (Å²) in [5, 5.41) is 41.5. The number of phenols is 1. The van der Waals surface area contributed by atoms with Crippen LogP contribution in [0.4, 0.5) is 22.7 Å². The molecule has 0 bridgehead atoms. The van der Waals surface area contributed by atoms with E-state index in [1.165, 1.54) is 12.1 Å². The molecular weight excluding hydrogens is 736 g/mol. The monoisotopic (exact) mass is 754 g/mol. The highest BCUT2D eigenvalue weighted by atomic mass is 32.2. The number of anilines is 3. The Morgan fingerprint density at radius 2 is 1.35 bits per heavy atom. The summed E-state index contributed by atoms with van der Waals surface area (Å²) in [4.78, 5) is 57.9. The maximum absolute atomic E-state index is 13.5. The lowest BCUT2D eigenvalue weighted by Crippen LogP contribution is -2.49. The van der Waals surface area contributed by atoms with Crippen molar-refractivity contribution in [3.63, 3.8) is 0 Å². The predicted octanol–water partition coefficient (Wildman–Crippen LogP) is 0.466. The summed E-state index contributed by atoms with van der Waals surface area (Å²) in [6.07, 6.45) is 2.46. The average Bonchev–Trinajstić information content (AvgIpc) is 3.06. The Labute approximate surface area is 287 Å². The van der Waals surface area contributed by atoms with Crippen molar-refractivity contribution in [1.29, 1.82) is 0 Å². The lowest BCUT2D eigenvalue weighted by Gasteiger charge is -2.15. The minimum Gasteiger partial charge on any atom is -0.507 e. The van der Waals surface area contributed by atoms with Gasteiger partial charge in [-0.3, -0.25) is 60.0 Å².